The predicted octanol–water partition coefficient (Wildman–Crippen LogP) is 4.62. The Morgan fingerprint density at radius 2 is 1.97 bits per heavy atom. The molecule has 1 N–H and O–H groups in total. The van der Waals surface area contributed by atoms with E-state index in [1.54, 1.807) is 11.3 Å². The van der Waals surface area contributed by atoms with E-state index < -0.39 is 5.54 Å². The molecule has 2 fully saturated rings. The molecule has 2 aromatic rings. The highest BCUT2D eigenvalue weighted by Gasteiger charge is 2.33. The highest BCUT2D eigenvalue weighted by Crippen LogP contribution is 2.35. The van der Waals surface area contributed by atoms with Crippen LogP contribution in [0.1, 0.15) is 74.3 Å². The summed E-state index contributed by atoms with van der Waals surface area (Å²) >= 11 is 2.86. The number of thiophene rings is 1. The van der Waals surface area contributed by atoms with Gasteiger partial charge in [0.2, 0.25) is 5.91 Å². The first kappa shape index (κ1) is 21.4. The first-order valence-corrected chi connectivity index (χ1v) is 12.6. The molecule has 0 saturated heterocycles. The van der Waals surface area contributed by atoms with Crippen LogP contribution in [0, 0.1) is 25.2 Å². The van der Waals surface area contributed by atoms with E-state index in [0.717, 1.165) is 65.6 Å². The second-order valence-corrected chi connectivity index (χ2v) is 10.7. The number of thioether (sulfide) groups is 1. The summed E-state index contributed by atoms with van der Waals surface area (Å²) in [5.41, 5.74) is 0.305. The van der Waals surface area contributed by atoms with Crippen LogP contribution in [0.5, 0.6) is 0 Å². The van der Waals surface area contributed by atoms with E-state index >= 15 is 0 Å². The van der Waals surface area contributed by atoms with Gasteiger partial charge in [0, 0.05) is 10.9 Å². The number of amides is 1. The lowest BCUT2D eigenvalue weighted by atomic mass is 9.83. The standard InChI is InChI=1S/C22H28N4O2S2/c1-14-15(2)30-19-18(14)20(28)26(16-8-4-5-9-16)21(24-19)29-12-17(27)25-22(13-23)10-6-3-7-11-22/h16H,3-12H2,1-2H3,(H,25,27). The van der Waals surface area contributed by atoms with Crippen molar-refractivity contribution in [3.63, 3.8) is 0 Å². The lowest BCUT2D eigenvalue weighted by Crippen LogP contribution is -2.49. The third-order valence-electron chi connectivity index (χ3n) is 6.52. The van der Waals surface area contributed by atoms with Crippen molar-refractivity contribution in [2.45, 2.75) is 88.4 Å². The van der Waals surface area contributed by atoms with Gasteiger partial charge in [0.25, 0.3) is 5.56 Å². The third kappa shape index (κ3) is 4.02. The number of carbonyl (C=O) groups is 1. The molecule has 0 unspecified atom stereocenters. The maximum atomic E-state index is 13.4. The summed E-state index contributed by atoms with van der Waals surface area (Å²) in [7, 11) is 0. The van der Waals surface area contributed by atoms with E-state index in [0.29, 0.717) is 18.0 Å². The molecule has 2 saturated carbocycles. The van der Waals surface area contributed by atoms with Crippen LogP contribution < -0.4 is 10.9 Å². The summed E-state index contributed by atoms with van der Waals surface area (Å²) in [6.07, 6.45) is 8.67. The van der Waals surface area contributed by atoms with Gasteiger partial charge in [0.05, 0.1) is 17.2 Å². The van der Waals surface area contributed by atoms with Gasteiger partial charge in [-0.25, -0.2) is 4.98 Å². The molecule has 6 nitrogen and oxygen atoms in total. The van der Waals surface area contributed by atoms with Crippen molar-refractivity contribution < 1.29 is 4.79 Å². The topological polar surface area (TPSA) is 87.8 Å². The normalized spacial score (nSPS) is 19.1. The van der Waals surface area contributed by atoms with Crippen molar-refractivity contribution in [2.24, 2.45) is 0 Å². The minimum atomic E-state index is -0.736. The van der Waals surface area contributed by atoms with Gasteiger partial charge in [0.15, 0.2) is 5.16 Å². The second-order valence-electron chi connectivity index (χ2n) is 8.56. The minimum Gasteiger partial charge on any atom is -0.337 e. The zero-order chi connectivity index (χ0) is 21.3. The SMILES string of the molecule is Cc1sc2nc(SCC(=O)NC3(C#N)CCCCC3)n(C3CCCC3)c(=O)c2c1C. The molecule has 0 aromatic carbocycles. The number of carbonyl (C=O) groups excluding carboxylic acids is 1. The molecule has 2 aromatic heterocycles. The fraction of sp³-hybridized carbons (Fsp3) is 0.636. The molecule has 2 heterocycles. The molecule has 30 heavy (non-hydrogen) atoms. The van der Waals surface area contributed by atoms with Crippen LogP contribution in [0.4, 0.5) is 0 Å². The van der Waals surface area contributed by atoms with Gasteiger partial charge in [-0.1, -0.05) is 43.9 Å². The molecule has 2 aliphatic rings. The molecule has 0 atom stereocenters. The highest BCUT2D eigenvalue weighted by molar-refractivity contribution is 7.99. The molecular weight excluding hydrogens is 416 g/mol. The number of nitriles is 1. The largest absolute Gasteiger partial charge is 0.337 e. The second kappa shape index (κ2) is 8.72. The Hall–Kier alpha value is -1.85. The highest BCUT2D eigenvalue weighted by atomic mass is 32.2. The molecule has 0 bridgehead atoms. The van der Waals surface area contributed by atoms with Gasteiger partial charge in [-0.15, -0.1) is 11.3 Å². The van der Waals surface area contributed by atoms with E-state index in [9.17, 15) is 14.9 Å². The van der Waals surface area contributed by atoms with E-state index in [-0.39, 0.29) is 23.3 Å². The Balaban J connectivity index is 1.60. The van der Waals surface area contributed by atoms with Crippen LogP contribution in [0.15, 0.2) is 9.95 Å². The molecule has 0 aliphatic heterocycles. The van der Waals surface area contributed by atoms with E-state index in [2.05, 4.69) is 11.4 Å². The fourth-order valence-electron chi connectivity index (χ4n) is 4.73. The zero-order valence-electron chi connectivity index (χ0n) is 17.6. The maximum absolute atomic E-state index is 13.4. The monoisotopic (exact) mass is 444 g/mol. The fourth-order valence-corrected chi connectivity index (χ4v) is 6.66. The molecule has 2 aliphatic carbocycles. The number of fused-ring (bicyclic) bond motifs is 1. The molecule has 160 valence electrons. The summed E-state index contributed by atoms with van der Waals surface area (Å²) in [5.74, 6) is 0.00608. The van der Waals surface area contributed by atoms with E-state index in [1.165, 1.54) is 11.8 Å². The van der Waals surface area contributed by atoms with Crippen LogP contribution in [0.25, 0.3) is 10.2 Å². The molecule has 1 amide bonds. The van der Waals surface area contributed by atoms with Crippen molar-refractivity contribution in [1.29, 1.82) is 5.26 Å². The number of aromatic nitrogens is 2. The lowest BCUT2D eigenvalue weighted by molar-refractivity contribution is -0.120. The Bertz CT molecular complexity index is 1050. The summed E-state index contributed by atoms with van der Waals surface area (Å²) in [5, 5.41) is 13.9. The van der Waals surface area contributed by atoms with Crippen LogP contribution >= 0.6 is 23.1 Å². The Labute approximate surface area is 185 Å². The number of rotatable bonds is 5. The van der Waals surface area contributed by atoms with Crippen LogP contribution in [-0.2, 0) is 4.79 Å². The maximum Gasteiger partial charge on any atom is 0.263 e. The van der Waals surface area contributed by atoms with Gasteiger partial charge in [-0.3, -0.25) is 14.2 Å². The first-order chi connectivity index (χ1) is 14.4. The number of hydrogen-bond acceptors (Lipinski definition) is 6. The molecular formula is C22H28N4O2S2. The summed E-state index contributed by atoms with van der Waals surface area (Å²) in [6.45, 7) is 4.01. The van der Waals surface area contributed by atoms with E-state index in [4.69, 9.17) is 4.98 Å². The number of aryl methyl sites for hydroxylation is 2. The lowest BCUT2D eigenvalue weighted by Gasteiger charge is -2.31. The number of hydrogen-bond donors (Lipinski definition) is 1. The average Bonchev–Trinajstić information content (AvgIpc) is 3.35. The van der Waals surface area contributed by atoms with Gasteiger partial charge < -0.3 is 5.32 Å². The van der Waals surface area contributed by atoms with Crippen molar-refractivity contribution >= 4 is 39.2 Å². The molecule has 0 spiro atoms. The predicted molar refractivity (Wildman–Crippen MR) is 121 cm³/mol. The smallest absolute Gasteiger partial charge is 0.263 e. The molecule has 8 heteroatoms. The van der Waals surface area contributed by atoms with Crippen LogP contribution in [0.3, 0.4) is 0 Å². The molecule has 0 radical (unpaired) electrons. The number of nitrogens with one attached hydrogen (secondary N) is 1. The summed E-state index contributed by atoms with van der Waals surface area (Å²) in [4.78, 5) is 32.8. The van der Waals surface area contributed by atoms with Crippen LogP contribution in [-0.4, -0.2) is 26.8 Å². The van der Waals surface area contributed by atoms with Gasteiger partial charge in [0.1, 0.15) is 10.4 Å². The first-order valence-electron chi connectivity index (χ1n) is 10.8. The Morgan fingerprint density at radius 1 is 1.27 bits per heavy atom. The van der Waals surface area contributed by atoms with Gasteiger partial charge >= 0.3 is 0 Å². The third-order valence-corrected chi connectivity index (χ3v) is 8.58. The minimum absolute atomic E-state index is 0.0254. The van der Waals surface area contributed by atoms with Crippen molar-refractivity contribution in [1.82, 2.24) is 14.9 Å². The van der Waals surface area contributed by atoms with Gasteiger partial charge in [-0.2, -0.15) is 5.26 Å². The summed E-state index contributed by atoms with van der Waals surface area (Å²) in [6, 6.07) is 2.49. The van der Waals surface area contributed by atoms with Crippen molar-refractivity contribution in [3.8, 4) is 6.07 Å². The van der Waals surface area contributed by atoms with Crippen molar-refractivity contribution in [2.75, 3.05) is 5.75 Å². The number of nitrogens with zero attached hydrogens (tertiary/aromatic N) is 3. The Kier molecular flexibility index (Phi) is 6.21. The van der Waals surface area contributed by atoms with Crippen LogP contribution in [0.2, 0.25) is 0 Å². The molecule has 4 rings (SSSR count). The van der Waals surface area contributed by atoms with Crippen molar-refractivity contribution in [3.05, 3.63) is 20.8 Å². The van der Waals surface area contributed by atoms with Gasteiger partial charge in [-0.05, 0) is 45.1 Å². The summed E-state index contributed by atoms with van der Waals surface area (Å²) < 4.78 is 1.84. The quantitative estimate of drug-likeness (QED) is 0.537. The van der Waals surface area contributed by atoms with E-state index in [1.807, 2.05) is 18.4 Å². The average molecular weight is 445 g/mol. The zero-order valence-corrected chi connectivity index (χ0v) is 19.3. The Morgan fingerprint density at radius 3 is 2.63 bits per heavy atom.